The van der Waals surface area contributed by atoms with E-state index in [2.05, 4.69) is 18.2 Å². The quantitative estimate of drug-likeness (QED) is 0.229. The molecule has 6 rings (SSSR count). The van der Waals surface area contributed by atoms with E-state index in [1.807, 2.05) is 84.2 Å². The normalized spacial score (nSPS) is 11.8. The van der Waals surface area contributed by atoms with E-state index in [9.17, 15) is 10.1 Å². The van der Waals surface area contributed by atoms with Crippen molar-refractivity contribution in [3.63, 3.8) is 0 Å². The van der Waals surface area contributed by atoms with Crippen LogP contribution >= 0.6 is 11.3 Å². The maximum atomic E-state index is 13.0. The lowest BCUT2D eigenvalue weighted by Gasteiger charge is -2.23. The number of carbonyl (C=O) groups is 1. The first-order chi connectivity index (χ1) is 18.2. The largest absolute Gasteiger partial charge is 0.468 e. The van der Waals surface area contributed by atoms with Gasteiger partial charge in [0.15, 0.2) is 12.4 Å². The van der Waals surface area contributed by atoms with Gasteiger partial charge in [-0.2, -0.15) is 5.26 Å². The second kappa shape index (κ2) is 9.85. The zero-order valence-electron chi connectivity index (χ0n) is 20.0. The number of nitriles is 1. The number of thiophene rings is 1. The van der Waals surface area contributed by atoms with Crippen LogP contribution in [0.4, 0.5) is 0 Å². The van der Waals surface area contributed by atoms with Crippen LogP contribution in [0, 0.1) is 11.3 Å². The van der Waals surface area contributed by atoms with Gasteiger partial charge in [0.25, 0.3) is 0 Å². The summed E-state index contributed by atoms with van der Waals surface area (Å²) in [6.07, 6.45) is 1.69. The van der Waals surface area contributed by atoms with Gasteiger partial charge in [0.1, 0.15) is 11.6 Å². The Hall–Kier alpha value is -4.53. The van der Waals surface area contributed by atoms with Gasteiger partial charge in [-0.1, -0.05) is 84.9 Å². The number of ether oxygens (including phenoxy) is 1. The monoisotopic (exact) mass is 498 g/mol. The lowest BCUT2D eigenvalue weighted by molar-refractivity contribution is 0.0918. The number of fused-ring (bicyclic) bond motifs is 3. The molecule has 0 saturated heterocycles. The SMILES string of the molecule is N#Cc1c(OCC(=O)c2ccc(-c3ccccc3)cc2)nc2c(c1-c1cccs1)CCc1ccccc1-2. The summed E-state index contributed by atoms with van der Waals surface area (Å²) < 4.78 is 6.00. The van der Waals surface area contributed by atoms with E-state index in [-0.39, 0.29) is 18.3 Å². The molecular weight excluding hydrogens is 476 g/mol. The molecule has 37 heavy (non-hydrogen) atoms. The summed E-state index contributed by atoms with van der Waals surface area (Å²) in [6.45, 7) is -0.198. The molecule has 0 spiro atoms. The Labute approximate surface area is 219 Å². The highest BCUT2D eigenvalue weighted by Gasteiger charge is 2.27. The summed E-state index contributed by atoms with van der Waals surface area (Å²) in [5.74, 6) is 0.0386. The minimum Gasteiger partial charge on any atom is -0.468 e. The second-order valence-corrected chi connectivity index (χ2v) is 9.84. The summed E-state index contributed by atoms with van der Waals surface area (Å²) >= 11 is 1.59. The van der Waals surface area contributed by atoms with Crippen molar-refractivity contribution < 1.29 is 9.53 Å². The van der Waals surface area contributed by atoms with Crippen molar-refractivity contribution >= 4 is 17.1 Å². The molecule has 3 aromatic carbocycles. The van der Waals surface area contributed by atoms with Crippen LogP contribution in [0.5, 0.6) is 5.88 Å². The number of ketones is 1. The Kier molecular flexibility index (Phi) is 6.10. The minimum atomic E-state index is -0.198. The van der Waals surface area contributed by atoms with Gasteiger partial charge in [-0.05, 0) is 46.5 Å². The van der Waals surface area contributed by atoms with Crippen molar-refractivity contribution in [2.24, 2.45) is 0 Å². The molecule has 0 saturated carbocycles. The van der Waals surface area contributed by atoms with Crippen LogP contribution in [0.3, 0.4) is 0 Å². The third-order valence-electron chi connectivity index (χ3n) is 6.72. The predicted octanol–water partition coefficient (Wildman–Crippen LogP) is 7.38. The summed E-state index contributed by atoms with van der Waals surface area (Å²) in [4.78, 5) is 18.9. The molecule has 0 aliphatic heterocycles. The van der Waals surface area contributed by atoms with Crippen LogP contribution in [-0.2, 0) is 12.8 Å². The maximum Gasteiger partial charge on any atom is 0.233 e. The molecule has 0 unspecified atom stereocenters. The topological polar surface area (TPSA) is 63.0 Å². The van der Waals surface area contributed by atoms with Gasteiger partial charge in [0, 0.05) is 21.6 Å². The molecule has 4 nitrogen and oxygen atoms in total. The molecule has 0 bridgehead atoms. The molecule has 178 valence electrons. The standard InChI is InChI=1S/C32H22N2O2S/c33-19-27-30(29-11-6-18-37-29)26-17-16-23-9-4-5-10-25(23)31(26)34-32(27)36-20-28(35)24-14-12-22(13-15-24)21-7-2-1-3-8-21/h1-15,18H,16-17,20H2. The van der Waals surface area contributed by atoms with Crippen LogP contribution in [-0.4, -0.2) is 17.4 Å². The van der Waals surface area contributed by atoms with Gasteiger partial charge in [0.2, 0.25) is 5.88 Å². The van der Waals surface area contributed by atoms with Crippen LogP contribution < -0.4 is 4.74 Å². The van der Waals surface area contributed by atoms with Crippen LogP contribution in [0.2, 0.25) is 0 Å². The number of carbonyl (C=O) groups excluding carboxylic acids is 1. The average molecular weight is 499 g/mol. The van der Waals surface area contributed by atoms with Gasteiger partial charge in [-0.25, -0.2) is 4.98 Å². The highest BCUT2D eigenvalue weighted by atomic mass is 32.1. The molecule has 1 aliphatic rings. The van der Waals surface area contributed by atoms with Crippen LogP contribution in [0.1, 0.15) is 27.0 Å². The van der Waals surface area contributed by atoms with E-state index < -0.39 is 0 Å². The van der Waals surface area contributed by atoms with Gasteiger partial charge < -0.3 is 4.74 Å². The fourth-order valence-corrected chi connectivity index (χ4v) is 5.70. The van der Waals surface area contributed by atoms with E-state index >= 15 is 0 Å². The zero-order chi connectivity index (χ0) is 25.2. The lowest BCUT2D eigenvalue weighted by atomic mass is 9.85. The molecular formula is C32H22N2O2S. The van der Waals surface area contributed by atoms with E-state index in [0.29, 0.717) is 11.1 Å². The number of pyridine rings is 1. The number of aryl methyl sites for hydroxylation is 1. The first-order valence-electron chi connectivity index (χ1n) is 12.1. The van der Waals surface area contributed by atoms with Crippen molar-refractivity contribution in [3.05, 3.63) is 119 Å². The van der Waals surface area contributed by atoms with Crippen molar-refractivity contribution in [3.8, 4) is 44.8 Å². The van der Waals surface area contributed by atoms with Crippen molar-refractivity contribution in [1.82, 2.24) is 4.98 Å². The molecule has 1 aliphatic carbocycles. The summed E-state index contributed by atoms with van der Waals surface area (Å²) in [7, 11) is 0. The smallest absolute Gasteiger partial charge is 0.233 e. The number of Topliss-reactive ketones (excluding diaryl/α,β-unsaturated/α-hetero) is 1. The number of hydrogen-bond acceptors (Lipinski definition) is 5. The molecule has 0 N–H and O–H groups in total. The minimum absolute atomic E-state index is 0.166. The van der Waals surface area contributed by atoms with Crippen molar-refractivity contribution in [1.29, 1.82) is 5.26 Å². The lowest BCUT2D eigenvalue weighted by Crippen LogP contribution is -2.15. The fourth-order valence-electron chi connectivity index (χ4n) is 4.89. The van der Waals surface area contributed by atoms with Gasteiger partial charge in [0.05, 0.1) is 5.69 Å². The second-order valence-electron chi connectivity index (χ2n) is 8.90. The van der Waals surface area contributed by atoms with Crippen LogP contribution in [0.25, 0.3) is 32.8 Å². The summed E-state index contributed by atoms with van der Waals surface area (Å²) in [5.41, 5.74) is 8.12. The third kappa shape index (κ3) is 4.33. The molecule has 5 heteroatoms. The number of benzene rings is 3. The maximum absolute atomic E-state index is 13.0. The van der Waals surface area contributed by atoms with Crippen molar-refractivity contribution in [2.45, 2.75) is 12.8 Å². The first-order valence-corrected chi connectivity index (χ1v) is 13.0. The van der Waals surface area contributed by atoms with E-state index in [4.69, 9.17) is 9.72 Å². The highest BCUT2D eigenvalue weighted by molar-refractivity contribution is 7.13. The molecule has 0 atom stereocenters. The molecule has 0 fully saturated rings. The van der Waals surface area contributed by atoms with Gasteiger partial charge >= 0.3 is 0 Å². The van der Waals surface area contributed by atoms with Gasteiger partial charge in [-0.15, -0.1) is 11.3 Å². The van der Waals surface area contributed by atoms with E-state index in [0.717, 1.165) is 51.2 Å². The zero-order valence-corrected chi connectivity index (χ0v) is 20.8. The Balaban J connectivity index is 1.34. The molecule has 0 radical (unpaired) electrons. The molecule has 5 aromatic rings. The van der Waals surface area contributed by atoms with Crippen molar-refractivity contribution in [2.75, 3.05) is 6.61 Å². The Morgan fingerprint density at radius 2 is 1.65 bits per heavy atom. The number of aromatic nitrogens is 1. The van der Waals surface area contributed by atoms with E-state index in [1.165, 1.54) is 5.56 Å². The Morgan fingerprint density at radius 3 is 2.41 bits per heavy atom. The summed E-state index contributed by atoms with van der Waals surface area (Å²) in [5, 5.41) is 12.2. The van der Waals surface area contributed by atoms with Crippen LogP contribution in [0.15, 0.2) is 96.4 Å². The summed E-state index contributed by atoms with van der Waals surface area (Å²) in [6, 6.07) is 32.1. The number of nitrogens with zero attached hydrogens (tertiary/aromatic N) is 2. The fraction of sp³-hybridized carbons (Fsp3) is 0.0938. The molecule has 0 amide bonds. The average Bonchev–Trinajstić information content (AvgIpc) is 3.50. The highest BCUT2D eigenvalue weighted by Crippen LogP contribution is 2.43. The van der Waals surface area contributed by atoms with Gasteiger partial charge in [-0.3, -0.25) is 4.79 Å². The molecule has 2 heterocycles. The third-order valence-corrected chi connectivity index (χ3v) is 7.60. The number of rotatable bonds is 6. The van der Waals surface area contributed by atoms with E-state index in [1.54, 1.807) is 11.3 Å². The molecule has 2 aromatic heterocycles. The number of hydrogen-bond donors (Lipinski definition) is 0. The predicted molar refractivity (Wildman–Crippen MR) is 147 cm³/mol. The first kappa shape index (κ1) is 22.9. The Bertz CT molecular complexity index is 1630. The Morgan fingerprint density at radius 1 is 0.892 bits per heavy atom.